The Labute approximate surface area is 212 Å². The third-order valence-electron chi connectivity index (χ3n) is 9.89. The van der Waals surface area contributed by atoms with Gasteiger partial charge in [-0.3, -0.25) is 9.69 Å². The third kappa shape index (κ3) is 5.74. The molecule has 0 aromatic heterocycles. The minimum atomic E-state index is -3.22. The van der Waals surface area contributed by atoms with Crippen molar-refractivity contribution in [3.63, 3.8) is 0 Å². The van der Waals surface area contributed by atoms with Crippen LogP contribution in [0.25, 0.3) is 0 Å². The van der Waals surface area contributed by atoms with E-state index in [1.54, 1.807) is 4.31 Å². The Morgan fingerprint density at radius 3 is 2.34 bits per heavy atom. The number of carbonyl (C=O) groups is 1. The molecule has 5 fully saturated rings. The van der Waals surface area contributed by atoms with Crippen LogP contribution in [0, 0.1) is 11.8 Å². The number of amides is 1. The predicted molar refractivity (Wildman–Crippen MR) is 138 cm³/mol. The van der Waals surface area contributed by atoms with Gasteiger partial charge in [0.05, 0.1) is 11.3 Å². The molecule has 5 rings (SSSR count). The van der Waals surface area contributed by atoms with Gasteiger partial charge >= 0.3 is 0 Å². The first-order valence-corrected chi connectivity index (χ1v) is 15.9. The van der Waals surface area contributed by atoms with Gasteiger partial charge in [0.2, 0.25) is 15.9 Å². The van der Waals surface area contributed by atoms with E-state index in [9.17, 15) is 13.2 Å². The standard InChI is InChI=1S/C26H47N5O3S/c1-18-4-2-5-19-16-24(29-25(18)19)26(32)28-21-6-3-7-22(17-21)30-12-14-31(15-13-30)35(33,34)23-10-8-20(27)9-11-23/h18-25,29H,2-17,27H2,1H3,(H,28,32). The van der Waals surface area contributed by atoms with Crippen LogP contribution in [-0.2, 0) is 14.8 Å². The predicted octanol–water partition coefficient (Wildman–Crippen LogP) is 1.80. The number of rotatable bonds is 5. The van der Waals surface area contributed by atoms with Crippen molar-refractivity contribution in [3.8, 4) is 0 Å². The smallest absolute Gasteiger partial charge is 0.237 e. The van der Waals surface area contributed by atoms with E-state index in [2.05, 4.69) is 22.5 Å². The Balaban J connectivity index is 1.09. The highest BCUT2D eigenvalue weighted by atomic mass is 32.2. The fourth-order valence-electron chi connectivity index (χ4n) is 7.73. The maximum absolute atomic E-state index is 13.2. The van der Waals surface area contributed by atoms with Crippen LogP contribution >= 0.6 is 0 Å². The van der Waals surface area contributed by atoms with Crippen LogP contribution in [-0.4, -0.2) is 85.2 Å². The number of fused-ring (bicyclic) bond motifs is 1. The molecule has 2 saturated heterocycles. The zero-order valence-corrected chi connectivity index (χ0v) is 22.4. The summed E-state index contributed by atoms with van der Waals surface area (Å²) in [5.41, 5.74) is 5.98. The van der Waals surface area contributed by atoms with Crippen LogP contribution in [0.3, 0.4) is 0 Å². The maximum atomic E-state index is 13.2. The average molecular weight is 510 g/mol. The second-order valence-corrected chi connectivity index (χ2v) is 14.4. The molecule has 6 unspecified atom stereocenters. The summed E-state index contributed by atoms with van der Waals surface area (Å²) in [5, 5.41) is 6.80. The quantitative estimate of drug-likeness (QED) is 0.522. The molecular formula is C26H47N5O3S. The van der Waals surface area contributed by atoms with E-state index in [1.165, 1.54) is 19.3 Å². The lowest BCUT2D eigenvalue weighted by Crippen LogP contribution is -2.56. The maximum Gasteiger partial charge on any atom is 0.237 e. The molecule has 6 atom stereocenters. The van der Waals surface area contributed by atoms with Crippen molar-refractivity contribution in [2.24, 2.45) is 17.6 Å². The summed E-state index contributed by atoms with van der Waals surface area (Å²) in [5.74, 6) is 1.52. The van der Waals surface area contributed by atoms with Gasteiger partial charge in [-0.2, -0.15) is 4.31 Å². The molecule has 2 aliphatic heterocycles. The SMILES string of the molecule is CC1CCCC2CC(C(=O)NC3CCCC(N4CCN(S(=O)(=O)C5CCC(N)CC5)CC4)C3)NC12. The molecule has 4 N–H and O–H groups in total. The summed E-state index contributed by atoms with van der Waals surface area (Å²) in [6.45, 7) is 5.09. The van der Waals surface area contributed by atoms with E-state index in [4.69, 9.17) is 5.73 Å². The summed E-state index contributed by atoms with van der Waals surface area (Å²) in [6, 6.07) is 1.31. The highest BCUT2D eigenvalue weighted by Crippen LogP contribution is 2.37. The average Bonchev–Trinajstić information content (AvgIpc) is 3.31. The van der Waals surface area contributed by atoms with Gasteiger partial charge in [0.1, 0.15) is 0 Å². The van der Waals surface area contributed by atoms with Crippen molar-refractivity contribution in [3.05, 3.63) is 0 Å². The fraction of sp³-hybridized carbons (Fsp3) is 0.962. The lowest BCUT2D eigenvalue weighted by atomic mass is 9.78. The molecule has 3 aliphatic carbocycles. The van der Waals surface area contributed by atoms with E-state index in [1.807, 2.05) is 0 Å². The minimum Gasteiger partial charge on any atom is -0.352 e. The molecule has 0 aromatic rings. The van der Waals surface area contributed by atoms with Gasteiger partial charge in [0, 0.05) is 50.3 Å². The summed E-state index contributed by atoms with van der Waals surface area (Å²) in [6.07, 6.45) is 12.1. The number of hydrogen-bond acceptors (Lipinski definition) is 6. The van der Waals surface area contributed by atoms with Gasteiger partial charge in [-0.05, 0) is 82.5 Å². The van der Waals surface area contributed by atoms with Gasteiger partial charge in [-0.1, -0.05) is 13.3 Å². The van der Waals surface area contributed by atoms with Crippen LogP contribution in [0.15, 0.2) is 0 Å². The Morgan fingerprint density at radius 2 is 1.63 bits per heavy atom. The van der Waals surface area contributed by atoms with Gasteiger partial charge in [0.25, 0.3) is 0 Å². The van der Waals surface area contributed by atoms with Crippen molar-refractivity contribution in [2.45, 2.75) is 119 Å². The molecule has 3 saturated carbocycles. The molecule has 35 heavy (non-hydrogen) atoms. The Morgan fingerprint density at radius 1 is 0.914 bits per heavy atom. The van der Waals surface area contributed by atoms with Gasteiger partial charge in [0.15, 0.2) is 0 Å². The first-order valence-electron chi connectivity index (χ1n) is 14.4. The number of piperazine rings is 1. The monoisotopic (exact) mass is 509 g/mol. The highest BCUT2D eigenvalue weighted by Gasteiger charge is 2.42. The number of nitrogens with one attached hydrogen (secondary N) is 2. The lowest BCUT2D eigenvalue weighted by molar-refractivity contribution is -0.124. The Hall–Kier alpha value is -0.740. The Bertz CT molecular complexity index is 838. The summed E-state index contributed by atoms with van der Waals surface area (Å²) >= 11 is 0. The normalized spacial score (nSPS) is 41.9. The van der Waals surface area contributed by atoms with Gasteiger partial charge in [-0.15, -0.1) is 0 Å². The fourth-order valence-corrected chi connectivity index (χ4v) is 9.69. The summed E-state index contributed by atoms with van der Waals surface area (Å²) in [4.78, 5) is 15.6. The molecule has 1 amide bonds. The number of nitrogens with zero attached hydrogens (tertiary/aromatic N) is 2. The largest absolute Gasteiger partial charge is 0.352 e. The van der Waals surface area contributed by atoms with Crippen molar-refractivity contribution in [2.75, 3.05) is 26.2 Å². The zero-order chi connectivity index (χ0) is 24.6. The summed E-state index contributed by atoms with van der Waals surface area (Å²) in [7, 11) is -3.22. The number of sulfonamides is 1. The first kappa shape index (κ1) is 25.9. The van der Waals surface area contributed by atoms with Crippen molar-refractivity contribution in [1.82, 2.24) is 19.8 Å². The Kier molecular flexibility index (Phi) is 8.09. The third-order valence-corrected chi connectivity index (χ3v) is 12.3. The van der Waals surface area contributed by atoms with Crippen LogP contribution in [0.4, 0.5) is 0 Å². The van der Waals surface area contributed by atoms with E-state index >= 15 is 0 Å². The molecular weight excluding hydrogens is 462 g/mol. The lowest BCUT2D eigenvalue weighted by Gasteiger charge is -2.43. The van der Waals surface area contributed by atoms with Gasteiger partial charge < -0.3 is 16.4 Å². The van der Waals surface area contributed by atoms with Crippen LogP contribution in [0.2, 0.25) is 0 Å². The molecule has 200 valence electrons. The topological polar surface area (TPSA) is 108 Å². The van der Waals surface area contributed by atoms with E-state index in [0.29, 0.717) is 49.9 Å². The highest BCUT2D eigenvalue weighted by molar-refractivity contribution is 7.89. The van der Waals surface area contributed by atoms with Crippen molar-refractivity contribution < 1.29 is 13.2 Å². The molecule has 0 bridgehead atoms. The van der Waals surface area contributed by atoms with Crippen LogP contribution < -0.4 is 16.4 Å². The second kappa shape index (κ2) is 10.9. The summed E-state index contributed by atoms with van der Waals surface area (Å²) < 4.78 is 28.0. The van der Waals surface area contributed by atoms with Gasteiger partial charge in [-0.25, -0.2) is 8.42 Å². The number of nitrogens with two attached hydrogens (primary N) is 1. The molecule has 0 spiro atoms. The van der Waals surface area contributed by atoms with E-state index in [-0.39, 0.29) is 29.3 Å². The number of carbonyl (C=O) groups excluding carboxylic acids is 1. The molecule has 0 radical (unpaired) electrons. The van der Waals surface area contributed by atoms with E-state index < -0.39 is 10.0 Å². The number of hydrogen-bond donors (Lipinski definition) is 3. The van der Waals surface area contributed by atoms with Crippen LogP contribution in [0.1, 0.15) is 84.0 Å². The molecule has 2 heterocycles. The second-order valence-electron chi connectivity index (χ2n) is 12.2. The zero-order valence-electron chi connectivity index (χ0n) is 21.5. The van der Waals surface area contributed by atoms with Crippen molar-refractivity contribution >= 4 is 15.9 Å². The van der Waals surface area contributed by atoms with Crippen molar-refractivity contribution in [1.29, 1.82) is 0 Å². The molecule has 5 aliphatic rings. The van der Waals surface area contributed by atoms with Crippen LogP contribution in [0.5, 0.6) is 0 Å². The first-order chi connectivity index (χ1) is 16.8. The molecule has 9 heteroatoms. The minimum absolute atomic E-state index is 0.0333. The molecule has 8 nitrogen and oxygen atoms in total. The molecule has 0 aromatic carbocycles. The van der Waals surface area contributed by atoms with E-state index in [0.717, 1.165) is 58.0 Å².